The molecule has 2 aromatic rings. The normalized spacial score (nSPS) is 12.5. The van der Waals surface area contributed by atoms with E-state index in [4.69, 9.17) is 10.5 Å². The summed E-state index contributed by atoms with van der Waals surface area (Å²) in [6.07, 6.45) is 0.112. The Morgan fingerprint density at radius 2 is 1.63 bits per heavy atom. The number of benzene rings is 2. The van der Waals surface area contributed by atoms with Gasteiger partial charge in [0.05, 0.1) is 12.1 Å². The van der Waals surface area contributed by atoms with Gasteiger partial charge in [0.2, 0.25) is 0 Å². The van der Waals surface area contributed by atoms with Crippen LogP contribution in [0, 0.1) is 5.82 Å². The van der Waals surface area contributed by atoms with Gasteiger partial charge in [0, 0.05) is 0 Å². The molecule has 3 heteroatoms. The van der Waals surface area contributed by atoms with E-state index < -0.39 is 0 Å². The Balaban J connectivity index is 2.26. The average molecular weight is 259 g/mol. The number of halogens is 1. The molecule has 0 aliphatic rings. The van der Waals surface area contributed by atoms with Crippen molar-refractivity contribution in [2.45, 2.75) is 26.0 Å². The molecule has 0 saturated heterocycles. The second-order valence-corrected chi connectivity index (χ2v) is 4.77. The number of rotatable bonds is 4. The lowest BCUT2D eigenvalue weighted by atomic mass is 9.99. The fourth-order valence-electron chi connectivity index (χ4n) is 1.95. The van der Waals surface area contributed by atoms with Crippen LogP contribution in [0.25, 0.3) is 0 Å². The van der Waals surface area contributed by atoms with Crippen molar-refractivity contribution in [1.29, 1.82) is 0 Å². The van der Waals surface area contributed by atoms with Gasteiger partial charge in [-0.25, -0.2) is 4.39 Å². The summed E-state index contributed by atoms with van der Waals surface area (Å²) in [5, 5.41) is 0. The zero-order valence-electron chi connectivity index (χ0n) is 11.1. The third-order valence-electron chi connectivity index (χ3n) is 2.80. The van der Waals surface area contributed by atoms with Crippen LogP contribution in [0.15, 0.2) is 48.5 Å². The molecule has 19 heavy (non-hydrogen) atoms. The molecule has 2 nitrogen and oxygen atoms in total. The molecular weight excluding hydrogens is 241 g/mol. The first-order chi connectivity index (χ1) is 9.06. The Kier molecular flexibility index (Phi) is 4.17. The van der Waals surface area contributed by atoms with Gasteiger partial charge in [-0.3, -0.25) is 0 Å². The topological polar surface area (TPSA) is 35.2 Å². The lowest BCUT2D eigenvalue weighted by Gasteiger charge is -2.15. The third-order valence-corrected chi connectivity index (χ3v) is 2.80. The third kappa shape index (κ3) is 3.55. The predicted octanol–water partition coefficient (Wildman–Crippen LogP) is 3.66. The minimum Gasteiger partial charge on any atom is -0.491 e. The Hall–Kier alpha value is -1.87. The highest BCUT2D eigenvalue weighted by atomic mass is 19.1. The van der Waals surface area contributed by atoms with E-state index in [0.29, 0.717) is 0 Å². The summed E-state index contributed by atoms with van der Waals surface area (Å²) in [7, 11) is 0. The molecule has 2 N–H and O–H groups in total. The number of ether oxygens (including phenoxy) is 1. The van der Waals surface area contributed by atoms with Crippen molar-refractivity contribution >= 4 is 0 Å². The Morgan fingerprint density at radius 1 is 1.00 bits per heavy atom. The maximum atomic E-state index is 13.2. The first-order valence-electron chi connectivity index (χ1n) is 6.34. The molecular formula is C16H18FNO. The van der Waals surface area contributed by atoms with Gasteiger partial charge in [0.1, 0.15) is 11.6 Å². The number of hydrogen-bond donors (Lipinski definition) is 1. The molecule has 2 aromatic carbocycles. The van der Waals surface area contributed by atoms with Crippen molar-refractivity contribution in [3.05, 3.63) is 65.5 Å². The molecule has 0 heterocycles. The molecule has 0 amide bonds. The summed E-state index contributed by atoms with van der Waals surface area (Å²) in [6, 6.07) is 13.6. The lowest BCUT2D eigenvalue weighted by Crippen LogP contribution is -2.12. The Bertz CT molecular complexity index is 554. The van der Waals surface area contributed by atoms with Crippen molar-refractivity contribution < 1.29 is 9.13 Å². The van der Waals surface area contributed by atoms with Gasteiger partial charge in [0.15, 0.2) is 0 Å². The van der Waals surface area contributed by atoms with Gasteiger partial charge in [-0.2, -0.15) is 0 Å². The fourth-order valence-corrected chi connectivity index (χ4v) is 1.95. The Morgan fingerprint density at radius 3 is 2.26 bits per heavy atom. The van der Waals surface area contributed by atoms with Crippen LogP contribution in [0.1, 0.15) is 31.0 Å². The van der Waals surface area contributed by atoms with Crippen LogP contribution in [-0.4, -0.2) is 6.10 Å². The van der Waals surface area contributed by atoms with Crippen LogP contribution >= 0.6 is 0 Å². The first-order valence-corrected chi connectivity index (χ1v) is 6.34. The van der Waals surface area contributed by atoms with Crippen LogP contribution in [0.3, 0.4) is 0 Å². The van der Waals surface area contributed by atoms with Crippen LogP contribution < -0.4 is 10.5 Å². The highest BCUT2D eigenvalue weighted by Gasteiger charge is 2.10. The fraction of sp³-hybridized carbons (Fsp3) is 0.250. The number of nitrogens with two attached hydrogens (primary N) is 1. The van der Waals surface area contributed by atoms with E-state index >= 15 is 0 Å². The maximum Gasteiger partial charge on any atom is 0.123 e. The van der Waals surface area contributed by atoms with Crippen molar-refractivity contribution in [3.8, 4) is 5.75 Å². The molecule has 1 atom stereocenters. The molecule has 0 aliphatic heterocycles. The van der Waals surface area contributed by atoms with Crippen molar-refractivity contribution in [2.75, 3.05) is 0 Å². The largest absolute Gasteiger partial charge is 0.491 e. The highest BCUT2D eigenvalue weighted by Crippen LogP contribution is 2.24. The number of hydrogen-bond acceptors (Lipinski definition) is 2. The molecule has 1 unspecified atom stereocenters. The maximum absolute atomic E-state index is 13.2. The van der Waals surface area contributed by atoms with E-state index in [1.54, 1.807) is 6.07 Å². The summed E-state index contributed by atoms with van der Waals surface area (Å²) in [5.74, 6) is 0.502. The van der Waals surface area contributed by atoms with Crippen LogP contribution in [0.2, 0.25) is 0 Å². The van der Waals surface area contributed by atoms with Crippen molar-refractivity contribution in [2.24, 2.45) is 5.73 Å². The van der Waals surface area contributed by atoms with E-state index in [-0.39, 0.29) is 18.0 Å². The van der Waals surface area contributed by atoms with E-state index in [9.17, 15) is 4.39 Å². The van der Waals surface area contributed by atoms with Gasteiger partial charge < -0.3 is 10.5 Å². The average Bonchev–Trinajstić information content (AvgIpc) is 2.37. The van der Waals surface area contributed by atoms with Crippen LogP contribution in [-0.2, 0) is 0 Å². The molecule has 0 bridgehead atoms. The molecule has 100 valence electrons. The SMILES string of the molecule is CC(C)Oc1cccc(C(N)c2cccc(F)c2)c1. The minimum atomic E-state index is -0.355. The van der Waals surface area contributed by atoms with Crippen molar-refractivity contribution in [3.63, 3.8) is 0 Å². The molecule has 0 spiro atoms. The highest BCUT2D eigenvalue weighted by molar-refractivity contribution is 5.36. The summed E-state index contributed by atoms with van der Waals surface area (Å²) in [5.41, 5.74) is 7.82. The van der Waals surface area contributed by atoms with Crippen LogP contribution in [0.5, 0.6) is 5.75 Å². The van der Waals surface area contributed by atoms with Gasteiger partial charge in [0.25, 0.3) is 0 Å². The van der Waals surface area contributed by atoms with E-state index in [1.165, 1.54) is 12.1 Å². The molecule has 0 saturated carbocycles. The summed E-state index contributed by atoms with van der Waals surface area (Å²) < 4.78 is 18.8. The van der Waals surface area contributed by atoms with Gasteiger partial charge in [-0.1, -0.05) is 24.3 Å². The first kappa shape index (κ1) is 13.6. The second-order valence-electron chi connectivity index (χ2n) is 4.77. The smallest absolute Gasteiger partial charge is 0.123 e. The van der Waals surface area contributed by atoms with Crippen molar-refractivity contribution in [1.82, 2.24) is 0 Å². The summed E-state index contributed by atoms with van der Waals surface area (Å²) >= 11 is 0. The molecule has 0 aliphatic carbocycles. The summed E-state index contributed by atoms with van der Waals surface area (Å²) in [6.45, 7) is 3.94. The molecule has 0 fully saturated rings. The standard InChI is InChI=1S/C16H18FNO/c1-11(2)19-15-8-4-6-13(10-15)16(18)12-5-3-7-14(17)9-12/h3-11,16H,18H2,1-2H3. The summed E-state index contributed by atoms with van der Waals surface area (Å²) in [4.78, 5) is 0. The molecule has 2 rings (SSSR count). The molecule has 0 radical (unpaired) electrons. The quantitative estimate of drug-likeness (QED) is 0.909. The zero-order chi connectivity index (χ0) is 13.8. The van der Waals surface area contributed by atoms with E-state index in [0.717, 1.165) is 16.9 Å². The van der Waals surface area contributed by atoms with Gasteiger partial charge in [-0.15, -0.1) is 0 Å². The van der Waals surface area contributed by atoms with Gasteiger partial charge in [-0.05, 0) is 49.2 Å². The van der Waals surface area contributed by atoms with E-state index in [1.807, 2.05) is 44.2 Å². The lowest BCUT2D eigenvalue weighted by molar-refractivity contribution is 0.242. The van der Waals surface area contributed by atoms with Crippen LogP contribution in [0.4, 0.5) is 4.39 Å². The second kappa shape index (κ2) is 5.85. The minimum absolute atomic E-state index is 0.112. The predicted molar refractivity (Wildman–Crippen MR) is 74.6 cm³/mol. The van der Waals surface area contributed by atoms with Gasteiger partial charge >= 0.3 is 0 Å². The monoisotopic (exact) mass is 259 g/mol. The van der Waals surface area contributed by atoms with E-state index in [2.05, 4.69) is 0 Å². The Labute approximate surface area is 113 Å². The zero-order valence-corrected chi connectivity index (χ0v) is 11.1. The molecule has 0 aromatic heterocycles.